The summed E-state index contributed by atoms with van der Waals surface area (Å²) in [5.41, 5.74) is 23.1. The second-order valence-corrected chi connectivity index (χ2v) is 32.5. The first kappa shape index (κ1) is 60.3. The molecule has 88 heavy (non-hydrogen) atoms. The summed E-state index contributed by atoms with van der Waals surface area (Å²) in [4.78, 5) is 7.56. The zero-order valence-corrected chi connectivity index (χ0v) is 56.6. The molecule has 0 spiro atoms. The highest BCUT2D eigenvalue weighted by atomic mass is 16.5. The molecule has 10 aromatic rings. The van der Waals surface area contributed by atoms with E-state index in [0.717, 1.165) is 68.1 Å². The maximum atomic E-state index is 7.47. The molecule has 5 nitrogen and oxygen atoms in total. The standard InChI is InChI=1S/C82H93BN4O/c1-76(2,3)52-26-35-58(36-27-52)84(59-37-28-53(29-38-59)77(4,5)6)62-43-45-72-66(49-62)83-65-46-56(80(13,14)15)34-44-68(65)86(71-47-57(81(16,17)18)48-73(88-72)75(71)83)63-50-69(74-64-24-22-23-25-67(64)87(70(74)51-63)82(19,20)21)85(60-39-30-54(31-40-60)78(7,8)9)61-41-32-55(33-42-61)79(10,11)12/h22-51H,1-21H3. The lowest BCUT2D eigenvalue weighted by molar-refractivity contribution is 0.423. The highest BCUT2D eigenvalue weighted by Gasteiger charge is 2.44. The van der Waals surface area contributed by atoms with E-state index in [9.17, 15) is 0 Å². The van der Waals surface area contributed by atoms with E-state index in [2.05, 4.69) is 347 Å². The predicted octanol–water partition coefficient (Wildman–Crippen LogP) is 21.7. The molecule has 0 aliphatic carbocycles. The first-order valence-corrected chi connectivity index (χ1v) is 32.1. The van der Waals surface area contributed by atoms with Crippen molar-refractivity contribution in [1.82, 2.24) is 4.57 Å². The highest BCUT2D eigenvalue weighted by Crippen LogP contribution is 2.52. The van der Waals surface area contributed by atoms with Crippen LogP contribution < -0.4 is 35.8 Å². The van der Waals surface area contributed by atoms with Gasteiger partial charge in [-0.2, -0.15) is 0 Å². The maximum Gasteiger partial charge on any atom is 0.256 e. The molecule has 0 fully saturated rings. The Balaban J connectivity index is 1.16. The van der Waals surface area contributed by atoms with Crippen LogP contribution in [0.3, 0.4) is 0 Å². The molecule has 9 aromatic carbocycles. The van der Waals surface area contributed by atoms with Gasteiger partial charge in [-0.1, -0.05) is 203 Å². The van der Waals surface area contributed by atoms with Gasteiger partial charge in [-0.25, -0.2) is 0 Å². The Hall–Kier alpha value is -7.96. The van der Waals surface area contributed by atoms with Crippen LogP contribution in [0.4, 0.5) is 51.2 Å². The molecule has 1 aromatic heterocycles. The first-order chi connectivity index (χ1) is 41.1. The van der Waals surface area contributed by atoms with Crippen LogP contribution in [0, 0.1) is 0 Å². The molecule has 0 N–H and O–H groups in total. The van der Waals surface area contributed by atoms with Crippen molar-refractivity contribution < 1.29 is 4.74 Å². The van der Waals surface area contributed by atoms with Gasteiger partial charge < -0.3 is 24.0 Å². The lowest BCUT2D eigenvalue weighted by Crippen LogP contribution is -2.60. The van der Waals surface area contributed by atoms with Crippen LogP contribution in [0.5, 0.6) is 11.5 Å². The number of hydrogen-bond acceptors (Lipinski definition) is 4. The van der Waals surface area contributed by atoms with Crippen LogP contribution in [-0.4, -0.2) is 11.3 Å². The molecule has 0 amide bonds. The molecule has 6 heteroatoms. The second kappa shape index (κ2) is 20.8. The zero-order valence-electron chi connectivity index (χ0n) is 56.6. The van der Waals surface area contributed by atoms with Gasteiger partial charge in [0.1, 0.15) is 11.5 Å². The Morgan fingerprint density at radius 1 is 0.341 bits per heavy atom. The minimum atomic E-state index is -0.283. The van der Waals surface area contributed by atoms with E-state index in [-0.39, 0.29) is 44.7 Å². The third-order valence-corrected chi connectivity index (χ3v) is 18.6. The largest absolute Gasteiger partial charge is 0.458 e. The normalized spacial score (nSPS) is 13.8. The smallest absolute Gasteiger partial charge is 0.256 e. The molecule has 2 aliphatic heterocycles. The number of rotatable bonds is 7. The van der Waals surface area contributed by atoms with E-state index >= 15 is 0 Å². The Labute approximate surface area is 527 Å². The second-order valence-electron chi connectivity index (χ2n) is 32.5. The summed E-state index contributed by atoms with van der Waals surface area (Å²) in [5.74, 6) is 1.79. The van der Waals surface area contributed by atoms with E-state index in [1.807, 2.05) is 0 Å². The van der Waals surface area contributed by atoms with Crippen LogP contribution in [0.25, 0.3) is 21.8 Å². The molecular formula is C82H93BN4O. The molecule has 0 unspecified atom stereocenters. The van der Waals surface area contributed by atoms with Crippen molar-refractivity contribution in [1.29, 1.82) is 0 Å². The predicted molar refractivity (Wildman–Crippen MR) is 382 cm³/mol. The fraction of sp³-hybridized carbons (Fsp3) is 0.341. The van der Waals surface area contributed by atoms with Crippen LogP contribution >= 0.6 is 0 Å². The van der Waals surface area contributed by atoms with Crippen LogP contribution in [0.1, 0.15) is 179 Å². The van der Waals surface area contributed by atoms with Crippen molar-refractivity contribution in [3.8, 4) is 11.5 Å². The molecule has 0 bridgehead atoms. The van der Waals surface area contributed by atoms with Crippen LogP contribution in [0.2, 0.25) is 0 Å². The van der Waals surface area contributed by atoms with E-state index in [1.54, 1.807) is 0 Å². The lowest BCUT2D eigenvalue weighted by Gasteiger charge is -2.42. The van der Waals surface area contributed by atoms with E-state index in [1.165, 1.54) is 66.1 Å². The fourth-order valence-corrected chi connectivity index (χ4v) is 13.5. The fourth-order valence-electron chi connectivity index (χ4n) is 13.5. The van der Waals surface area contributed by atoms with E-state index in [0.29, 0.717) is 0 Å². The molecule has 450 valence electrons. The van der Waals surface area contributed by atoms with Gasteiger partial charge in [-0.15, -0.1) is 0 Å². The molecular weight excluding hydrogens is 1070 g/mol. The molecule has 0 saturated carbocycles. The molecule has 2 aliphatic rings. The van der Waals surface area contributed by atoms with E-state index in [4.69, 9.17) is 4.74 Å². The van der Waals surface area contributed by atoms with Gasteiger partial charge in [-0.3, -0.25) is 0 Å². The molecule has 12 rings (SSSR count). The summed E-state index contributed by atoms with van der Waals surface area (Å²) in [6, 6.07) is 70.2. The minimum Gasteiger partial charge on any atom is -0.458 e. The Kier molecular flexibility index (Phi) is 14.3. The summed E-state index contributed by atoms with van der Waals surface area (Å²) in [7, 11) is 0. The topological polar surface area (TPSA) is 23.9 Å². The SMILES string of the molecule is CC(C)(C)c1ccc(N(c2ccc(C(C)(C)C)cc2)c2ccc3c(c2)B2c4cc(C(C)(C)C)ccc4N(c4cc(N(c5ccc(C(C)(C)C)cc5)c5ccc(C(C)(C)C)cc5)c5c6ccccc6n(C(C)(C)C)c5c4)c4cc(C(C)(C)C)cc(c42)O3)cc1. The third-order valence-electron chi connectivity index (χ3n) is 18.6. The van der Waals surface area contributed by atoms with Crippen LogP contribution in [0.15, 0.2) is 182 Å². The van der Waals surface area contributed by atoms with Gasteiger partial charge in [0.25, 0.3) is 6.71 Å². The quantitative estimate of drug-likeness (QED) is 0.148. The molecule has 3 heterocycles. The number of aromatic nitrogens is 1. The number of nitrogens with zero attached hydrogens (tertiary/aromatic N) is 4. The maximum absolute atomic E-state index is 7.47. The lowest BCUT2D eigenvalue weighted by atomic mass is 9.34. The Bertz CT molecular complexity index is 4190. The van der Waals surface area contributed by atoms with Gasteiger partial charge in [0, 0.05) is 61.6 Å². The number of fused-ring (bicyclic) bond motifs is 7. The number of para-hydroxylation sites is 1. The van der Waals surface area contributed by atoms with Crippen molar-refractivity contribution in [2.75, 3.05) is 14.7 Å². The van der Waals surface area contributed by atoms with E-state index < -0.39 is 0 Å². The number of ether oxygens (including phenoxy) is 1. The monoisotopic (exact) mass is 1160 g/mol. The third kappa shape index (κ3) is 10.8. The molecule has 0 saturated heterocycles. The van der Waals surface area contributed by atoms with Crippen molar-refractivity contribution in [2.45, 2.75) is 183 Å². The van der Waals surface area contributed by atoms with Crippen molar-refractivity contribution in [3.63, 3.8) is 0 Å². The van der Waals surface area contributed by atoms with Crippen LogP contribution in [-0.2, 0) is 38.0 Å². The zero-order chi connectivity index (χ0) is 63.2. The summed E-state index contributed by atoms with van der Waals surface area (Å²) in [6.07, 6.45) is 0. The molecule has 0 radical (unpaired) electrons. The van der Waals surface area contributed by atoms with Crippen molar-refractivity contribution >= 4 is 96.1 Å². The van der Waals surface area contributed by atoms with Gasteiger partial charge in [0.05, 0.1) is 16.9 Å². The van der Waals surface area contributed by atoms with Gasteiger partial charge >= 0.3 is 0 Å². The van der Waals surface area contributed by atoms with Gasteiger partial charge in [-0.05, 0) is 206 Å². The van der Waals surface area contributed by atoms with Crippen molar-refractivity contribution in [3.05, 3.63) is 215 Å². The highest BCUT2D eigenvalue weighted by molar-refractivity contribution is 6.99. The minimum absolute atomic E-state index is 0.0138. The molecule has 0 atom stereocenters. The van der Waals surface area contributed by atoms with Gasteiger partial charge in [0.15, 0.2) is 0 Å². The van der Waals surface area contributed by atoms with Gasteiger partial charge in [0.2, 0.25) is 0 Å². The Morgan fingerprint density at radius 3 is 1.25 bits per heavy atom. The summed E-state index contributed by atoms with van der Waals surface area (Å²) in [6.45, 7) is 48.4. The average molecular weight is 1160 g/mol. The first-order valence-electron chi connectivity index (χ1n) is 32.1. The number of hydrogen-bond donors (Lipinski definition) is 0. The number of anilines is 9. The van der Waals surface area contributed by atoms with Crippen molar-refractivity contribution in [2.24, 2.45) is 0 Å². The average Bonchev–Trinajstić information content (AvgIpc) is 1.06. The summed E-state index contributed by atoms with van der Waals surface area (Å²) in [5, 5.41) is 2.44. The summed E-state index contributed by atoms with van der Waals surface area (Å²) >= 11 is 0. The number of benzene rings is 9. The summed E-state index contributed by atoms with van der Waals surface area (Å²) < 4.78 is 10.1. The Morgan fingerprint density at radius 2 is 0.784 bits per heavy atom.